The number of halogens is 1. The molecule has 29 heavy (non-hydrogen) atoms. The standard InChI is InChI=1S/C20H30FN3O4S/c1-13(2)11-15(22)18(25)24(19(26)16(23-21)9-10-29-3)17(20(27)28)12-14-7-5-4-6-8-14/h4-8,13,15-17,23H,9-12,22H2,1-3H3,(H,27,28). The zero-order valence-corrected chi connectivity index (χ0v) is 17.8. The number of aliphatic carboxylic acids is 1. The second kappa shape index (κ2) is 12.6. The van der Waals surface area contributed by atoms with Gasteiger partial charge in [0.15, 0.2) is 0 Å². The van der Waals surface area contributed by atoms with Crippen LogP contribution >= 0.6 is 11.8 Å². The maximum atomic E-state index is 13.4. The number of benzene rings is 1. The Morgan fingerprint density at radius 3 is 2.31 bits per heavy atom. The SMILES string of the molecule is CSCCC(NF)C(=O)N(C(=O)C(N)CC(C)C)C(Cc1ccccc1)C(=O)O. The van der Waals surface area contributed by atoms with Crippen LogP contribution in [0.15, 0.2) is 30.3 Å². The minimum atomic E-state index is -1.49. The van der Waals surface area contributed by atoms with Crippen LogP contribution in [0.4, 0.5) is 4.48 Å². The van der Waals surface area contributed by atoms with Gasteiger partial charge in [0, 0.05) is 6.42 Å². The number of carboxylic acid groups (broad SMARTS) is 1. The molecular weight excluding hydrogens is 397 g/mol. The number of nitrogens with one attached hydrogen (secondary N) is 1. The quantitative estimate of drug-likeness (QED) is 0.437. The molecule has 0 aromatic heterocycles. The molecule has 0 aliphatic heterocycles. The third kappa shape index (κ3) is 7.75. The number of imide groups is 1. The Labute approximate surface area is 175 Å². The van der Waals surface area contributed by atoms with E-state index in [0.29, 0.717) is 16.2 Å². The summed E-state index contributed by atoms with van der Waals surface area (Å²) in [6, 6.07) is 4.78. The number of hydrogen-bond donors (Lipinski definition) is 3. The van der Waals surface area contributed by atoms with Crippen molar-refractivity contribution >= 4 is 29.5 Å². The highest BCUT2D eigenvalue weighted by Crippen LogP contribution is 2.17. The number of nitrogens with two attached hydrogens (primary N) is 1. The van der Waals surface area contributed by atoms with Crippen LogP contribution < -0.4 is 11.3 Å². The van der Waals surface area contributed by atoms with Gasteiger partial charge in [-0.2, -0.15) is 11.8 Å². The van der Waals surface area contributed by atoms with Gasteiger partial charge >= 0.3 is 5.97 Å². The molecule has 0 aliphatic carbocycles. The number of amides is 2. The van der Waals surface area contributed by atoms with E-state index in [1.54, 1.807) is 36.6 Å². The molecule has 162 valence electrons. The van der Waals surface area contributed by atoms with Crippen LogP contribution in [0.1, 0.15) is 32.3 Å². The third-order valence-electron chi connectivity index (χ3n) is 4.43. The van der Waals surface area contributed by atoms with Crippen molar-refractivity contribution in [3.8, 4) is 0 Å². The van der Waals surface area contributed by atoms with E-state index in [1.807, 2.05) is 13.8 Å². The fraction of sp³-hybridized carbons (Fsp3) is 0.550. The number of nitrogens with zero attached hydrogens (tertiary/aromatic N) is 1. The summed E-state index contributed by atoms with van der Waals surface area (Å²) in [5, 5.41) is 9.79. The van der Waals surface area contributed by atoms with E-state index in [1.165, 1.54) is 17.3 Å². The summed E-state index contributed by atoms with van der Waals surface area (Å²) in [4.78, 5) is 38.7. The summed E-state index contributed by atoms with van der Waals surface area (Å²) in [6.07, 6.45) is 2.09. The highest BCUT2D eigenvalue weighted by Gasteiger charge is 2.40. The van der Waals surface area contributed by atoms with E-state index >= 15 is 0 Å². The molecule has 0 saturated heterocycles. The lowest BCUT2D eigenvalue weighted by molar-refractivity contribution is -0.160. The summed E-state index contributed by atoms with van der Waals surface area (Å²) in [5.41, 5.74) is 8.03. The molecular formula is C20H30FN3O4S. The van der Waals surface area contributed by atoms with Crippen LogP contribution in [0.2, 0.25) is 0 Å². The molecule has 0 fully saturated rings. The Bertz CT molecular complexity index is 675. The van der Waals surface area contributed by atoms with Gasteiger partial charge in [-0.1, -0.05) is 44.2 Å². The van der Waals surface area contributed by atoms with Crippen molar-refractivity contribution < 1.29 is 24.0 Å². The van der Waals surface area contributed by atoms with Gasteiger partial charge in [-0.15, -0.1) is 10.0 Å². The minimum absolute atomic E-state index is 0.0647. The Morgan fingerprint density at radius 1 is 1.21 bits per heavy atom. The van der Waals surface area contributed by atoms with E-state index < -0.39 is 35.9 Å². The topological polar surface area (TPSA) is 113 Å². The molecule has 9 heteroatoms. The molecule has 1 aromatic carbocycles. The summed E-state index contributed by atoms with van der Waals surface area (Å²) < 4.78 is 13.4. The zero-order valence-electron chi connectivity index (χ0n) is 17.0. The summed E-state index contributed by atoms with van der Waals surface area (Å²) in [5.74, 6) is -2.56. The molecule has 1 aromatic rings. The molecule has 3 unspecified atom stereocenters. The first kappa shape index (κ1) is 25.1. The number of carboxylic acids is 1. The molecule has 7 nitrogen and oxygen atoms in total. The van der Waals surface area contributed by atoms with Gasteiger partial charge in [-0.05, 0) is 36.3 Å². The van der Waals surface area contributed by atoms with Gasteiger partial charge in [0.1, 0.15) is 12.1 Å². The first-order valence-corrected chi connectivity index (χ1v) is 10.9. The van der Waals surface area contributed by atoms with Crippen LogP contribution in [0.25, 0.3) is 0 Å². The number of carbonyl (C=O) groups excluding carboxylic acids is 2. The van der Waals surface area contributed by atoms with Crippen LogP contribution in [0.5, 0.6) is 0 Å². The second-order valence-electron chi connectivity index (χ2n) is 7.27. The highest BCUT2D eigenvalue weighted by atomic mass is 32.2. The van der Waals surface area contributed by atoms with E-state index in [9.17, 15) is 24.0 Å². The predicted octanol–water partition coefficient (Wildman–Crippen LogP) is 2.01. The smallest absolute Gasteiger partial charge is 0.327 e. The molecule has 0 heterocycles. The Hall–Kier alpha value is -1.97. The van der Waals surface area contributed by atoms with Crippen LogP contribution in [0, 0.1) is 5.92 Å². The number of rotatable bonds is 12. The Balaban J connectivity index is 3.28. The van der Waals surface area contributed by atoms with Gasteiger partial charge in [-0.3, -0.25) is 14.5 Å². The normalized spacial score (nSPS) is 14.3. The van der Waals surface area contributed by atoms with Gasteiger partial charge in [0.05, 0.1) is 6.04 Å². The van der Waals surface area contributed by atoms with Crippen molar-refractivity contribution in [3.63, 3.8) is 0 Å². The monoisotopic (exact) mass is 427 g/mol. The molecule has 0 bridgehead atoms. The lowest BCUT2D eigenvalue weighted by atomic mass is 9.99. The fourth-order valence-corrected chi connectivity index (χ4v) is 3.43. The van der Waals surface area contributed by atoms with Gasteiger partial charge < -0.3 is 10.8 Å². The Morgan fingerprint density at radius 2 is 1.83 bits per heavy atom. The van der Waals surface area contributed by atoms with Crippen LogP contribution in [0.3, 0.4) is 0 Å². The molecule has 2 amide bonds. The van der Waals surface area contributed by atoms with Crippen molar-refractivity contribution in [2.75, 3.05) is 12.0 Å². The summed E-state index contributed by atoms with van der Waals surface area (Å²) in [6.45, 7) is 3.73. The molecule has 0 radical (unpaired) electrons. The minimum Gasteiger partial charge on any atom is -0.480 e. The van der Waals surface area contributed by atoms with Gasteiger partial charge in [-0.25, -0.2) is 4.79 Å². The highest BCUT2D eigenvalue weighted by molar-refractivity contribution is 7.98. The molecule has 4 N–H and O–H groups in total. The van der Waals surface area contributed by atoms with Crippen LogP contribution in [-0.4, -0.2) is 57.9 Å². The number of carbonyl (C=O) groups is 3. The molecule has 3 atom stereocenters. The second-order valence-corrected chi connectivity index (χ2v) is 8.26. The van der Waals surface area contributed by atoms with E-state index in [0.717, 1.165) is 0 Å². The number of hydrogen-bond acceptors (Lipinski definition) is 6. The van der Waals surface area contributed by atoms with Crippen molar-refractivity contribution in [2.24, 2.45) is 11.7 Å². The summed E-state index contributed by atoms with van der Waals surface area (Å²) in [7, 11) is 0. The predicted molar refractivity (Wildman–Crippen MR) is 112 cm³/mol. The zero-order chi connectivity index (χ0) is 22.0. The molecule has 0 spiro atoms. The first-order valence-electron chi connectivity index (χ1n) is 9.47. The largest absolute Gasteiger partial charge is 0.480 e. The van der Waals surface area contributed by atoms with Crippen molar-refractivity contribution in [2.45, 2.75) is 51.2 Å². The molecule has 0 aliphatic rings. The van der Waals surface area contributed by atoms with Gasteiger partial charge in [0.25, 0.3) is 0 Å². The maximum Gasteiger partial charge on any atom is 0.327 e. The van der Waals surface area contributed by atoms with Crippen LogP contribution in [-0.2, 0) is 20.8 Å². The molecule has 0 saturated carbocycles. The fourth-order valence-electron chi connectivity index (χ4n) is 2.96. The Kier molecular flexibility index (Phi) is 10.9. The van der Waals surface area contributed by atoms with Gasteiger partial charge in [0.2, 0.25) is 11.8 Å². The van der Waals surface area contributed by atoms with Crippen molar-refractivity contribution in [1.82, 2.24) is 10.4 Å². The van der Waals surface area contributed by atoms with E-state index in [2.05, 4.69) is 0 Å². The third-order valence-corrected chi connectivity index (χ3v) is 5.07. The first-order chi connectivity index (χ1) is 13.7. The lowest BCUT2D eigenvalue weighted by Crippen LogP contribution is -2.59. The van der Waals surface area contributed by atoms with Crippen molar-refractivity contribution in [3.05, 3.63) is 35.9 Å². The number of thioether (sulfide) groups is 1. The average Bonchev–Trinajstić information content (AvgIpc) is 2.68. The maximum absolute atomic E-state index is 13.4. The average molecular weight is 428 g/mol. The summed E-state index contributed by atoms with van der Waals surface area (Å²) >= 11 is 1.41. The van der Waals surface area contributed by atoms with E-state index in [-0.39, 0.29) is 25.2 Å². The van der Waals surface area contributed by atoms with E-state index in [4.69, 9.17) is 5.73 Å². The molecule has 1 rings (SSSR count). The van der Waals surface area contributed by atoms with Crippen molar-refractivity contribution in [1.29, 1.82) is 0 Å². The lowest BCUT2D eigenvalue weighted by Gasteiger charge is -2.32.